The van der Waals surface area contributed by atoms with E-state index in [2.05, 4.69) is 0 Å². The molecule has 4 heteroatoms. The summed E-state index contributed by atoms with van der Waals surface area (Å²) in [6, 6.07) is 3.61. The summed E-state index contributed by atoms with van der Waals surface area (Å²) in [5.41, 5.74) is -0.0312. The summed E-state index contributed by atoms with van der Waals surface area (Å²) in [7, 11) is 0. The van der Waals surface area contributed by atoms with Crippen LogP contribution in [0.2, 0.25) is 0 Å². The molecule has 0 aromatic heterocycles. The average Bonchev–Trinajstić information content (AvgIpc) is 2.16. The van der Waals surface area contributed by atoms with Crippen LogP contribution in [-0.4, -0.2) is 6.61 Å². The highest BCUT2D eigenvalue weighted by Gasteiger charge is 2.31. The summed E-state index contributed by atoms with van der Waals surface area (Å²) in [5, 5.41) is 0. The first kappa shape index (κ1) is 12.9. The molecule has 0 saturated carbocycles. The van der Waals surface area contributed by atoms with Gasteiger partial charge in [-0.1, -0.05) is 13.8 Å². The van der Waals surface area contributed by atoms with Gasteiger partial charge < -0.3 is 4.74 Å². The fourth-order valence-corrected chi connectivity index (χ4v) is 1.46. The Balaban J connectivity index is 3.17. The normalized spacial score (nSPS) is 11.9. The highest BCUT2D eigenvalue weighted by atomic mass is 19.4. The number of ether oxygens (including phenoxy) is 1. The Bertz CT molecular complexity index is 356. The topological polar surface area (TPSA) is 9.23 Å². The molecular weight excluding hydrogens is 217 g/mol. The first-order valence-corrected chi connectivity index (χ1v) is 5.20. The van der Waals surface area contributed by atoms with Gasteiger partial charge in [-0.2, -0.15) is 13.2 Å². The zero-order chi connectivity index (χ0) is 12.3. The Morgan fingerprint density at radius 2 is 1.88 bits per heavy atom. The van der Waals surface area contributed by atoms with E-state index in [0.29, 0.717) is 17.9 Å². The Morgan fingerprint density at radius 3 is 2.31 bits per heavy atom. The molecule has 1 aromatic rings. The van der Waals surface area contributed by atoms with Gasteiger partial charge in [-0.05, 0) is 36.6 Å². The van der Waals surface area contributed by atoms with Gasteiger partial charge in [-0.3, -0.25) is 0 Å². The number of hydrogen-bond donors (Lipinski definition) is 0. The van der Waals surface area contributed by atoms with Crippen LogP contribution in [0.1, 0.15) is 37.8 Å². The van der Waals surface area contributed by atoms with Crippen LogP contribution in [0.4, 0.5) is 13.2 Å². The molecule has 0 fully saturated rings. The van der Waals surface area contributed by atoms with Crippen molar-refractivity contribution in [3.05, 3.63) is 29.3 Å². The smallest absolute Gasteiger partial charge is 0.416 e. The van der Waals surface area contributed by atoms with Gasteiger partial charge in [0.15, 0.2) is 0 Å². The summed E-state index contributed by atoms with van der Waals surface area (Å²) in [6.45, 7) is 5.95. The maximum Gasteiger partial charge on any atom is 0.416 e. The molecule has 1 aromatic carbocycles. The fraction of sp³-hybridized carbons (Fsp3) is 0.500. The molecule has 0 heterocycles. The van der Waals surface area contributed by atoms with Crippen molar-refractivity contribution in [2.45, 2.75) is 32.9 Å². The van der Waals surface area contributed by atoms with Crippen molar-refractivity contribution >= 4 is 0 Å². The van der Waals surface area contributed by atoms with Crippen molar-refractivity contribution in [2.75, 3.05) is 6.61 Å². The molecule has 0 amide bonds. The van der Waals surface area contributed by atoms with Crippen molar-refractivity contribution in [1.82, 2.24) is 0 Å². The maximum atomic E-state index is 12.5. The molecule has 0 aliphatic carbocycles. The van der Waals surface area contributed by atoms with Crippen molar-refractivity contribution in [2.24, 2.45) is 0 Å². The summed E-state index contributed by atoms with van der Waals surface area (Å²) < 4.78 is 42.8. The van der Waals surface area contributed by atoms with Crippen molar-refractivity contribution < 1.29 is 17.9 Å². The third kappa shape index (κ3) is 2.90. The first-order valence-electron chi connectivity index (χ1n) is 5.20. The van der Waals surface area contributed by atoms with Gasteiger partial charge in [0.05, 0.1) is 12.2 Å². The lowest BCUT2D eigenvalue weighted by Crippen LogP contribution is -2.07. The molecule has 0 unspecified atom stereocenters. The molecule has 0 atom stereocenters. The molecule has 16 heavy (non-hydrogen) atoms. The number of benzene rings is 1. The number of hydrogen-bond acceptors (Lipinski definition) is 1. The molecule has 0 aliphatic rings. The van der Waals surface area contributed by atoms with Crippen LogP contribution < -0.4 is 4.74 Å². The highest BCUT2D eigenvalue weighted by molar-refractivity contribution is 5.40. The fourth-order valence-electron chi connectivity index (χ4n) is 1.46. The zero-order valence-electron chi connectivity index (χ0n) is 9.56. The van der Waals surface area contributed by atoms with E-state index in [-0.39, 0.29) is 5.92 Å². The van der Waals surface area contributed by atoms with Crippen molar-refractivity contribution in [1.29, 1.82) is 0 Å². The summed E-state index contributed by atoms with van der Waals surface area (Å²) in [6.07, 6.45) is -4.30. The maximum absolute atomic E-state index is 12.5. The summed E-state index contributed by atoms with van der Waals surface area (Å²) in [5.74, 6) is 0.536. The van der Waals surface area contributed by atoms with E-state index in [4.69, 9.17) is 4.74 Å². The van der Waals surface area contributed by atoms with Crippen molar-refractivity contribution in [3.8, 4) is 5.75 Å². The molecule has 1 nitrogen and oxygen atoms in total. The predicted octanol–water partition coefficient (Wildman–Crippen LogP) is 4.23. The lowest BCUT2D eigenvalue weighted by Gasteiger charge is -2.15. The lowest BCUT2D eigenvalue weighted by atomic mass is 9.99. The summed E-state index contributed by atoms with van der Waals surface area (Å²) >= 11 is 0. The Labute approximate surface area is 93.2 Å². The predicted molar refractivity (Wildman–Crippen MR) is 56.7 cm³/mol. The van der Waals surface area contributed by atoms with Gasteiger partial charge in [0, 0.05) is 0 Å². The third-order valence-electron chi connectivity index (χ3n) is 2.26. The van der Waals surface area contributed by atoms with E-state index in [0.717, 1.165) is 12.1 Å². The summed E-state index contributed by atoms with van der Waals surface area (Å²) in [4.78, 5) is 0. The lowest BCUT2D eigenvalue weighted by molar-refractivity contribution is -0.137. The number of halogens is 3. The van der Waals surface area contributed by atoms with Gasteiger partial charge in [0.25, 0.3) is 0 Å². The van der Waals surface area contributed by atoms with E-state index in [9.17, 15) is 13.2 Å². The van der Waals surface area contributed by atoms with Crippen LogP contribution in [0.15, 0.2) is 18.2 Å². The van der Waals surface area contributed by atoms with E-state index in [1.165, 1.54) is 6.07 Å². The monoisotopic (exact) mass is 232 g/mol. The Hall–Kier alpha value is -1.19. The second kappa shape index (κ2) is 4.76. The second-order valence-electron chi connectivity index (χ2n) is 3.84. The quantitative estimate of drug-likeness (QED) is 0.757. The van der Waals surface area contributed by atoms with E-state index in [1.54, 1.807) is 0 Å². The van der Waals surface area contributed by atoms with Crippen LogP contribution in [-0.2, 0) is 6.18 Å². The molecule has 0 aliphatic heterocycles. The minimum Gasteiger partial charge on any atom is -0.494 e. The van der Waals surface area contributed by atoms with Crippen molar-refractivity contribution in [3.63, 3.8) is 0 Å². The van der Waals surface area contributed by atoms with Crippen LogP contribution >= 0.6 is 0 Å². The SMILES string of the molecule is CCOc1ccc(C(F)(F)F)cc1C(C)C. The van der Waals surface area contributed by atoms with E-state index < -0.39 is 11.7 Å². The molecule has 0 saturated heterocycles. The number of rotatable bonds is 3. The second-order valence-corrected chi connectivity index (χ2v) is 3.84. The molecule has 90 valence electrons. The van der Waals surface area contributed by atoms with Gasteiger partial charge in [-0.15, -0.1) is 0 Å². The van der Waals surface area contributed by atoms with E-state index >= 15 is 0 Å². The van der Waals surface area contributed by atoms with Gasteiger partial charge in [0.1, 0.15) is 5.75 Å². The Morgan fingerprint density at radius 1 is 1.25 bits per heavy atom. The van der Waals surface area contributed by atoms with Crippen LogP contribution in [0.3, 0.4) is 0 Å². The minimum absolute atomic E-state index is 0.00356. The highest BCUT2D eigenvalue weighted by Crippen LogP contribution is 2.35. The first-order chi connectivity index (χ1) is 7.36. The molecule has 1 rings (SSSR count). The van der Waals surface area contributed by atoms with Gasteiger partial charge in [-0.25, -0.2) is 0 Å². The third-order valence-corrected chi connectivity index (χ3v) is 2.26. The van der Waals surface area contributed by atoms with Crippen LogP contribution in [0, 0.1) is 0 Å². The minimum atomic E-state index is -4.30. The molecule has 0 spiro atoms. The molecule has 0 radical (unpaired) electrons. The van der Waals surface area contributed by atoms with Gasteiger partial charge >= 0.3 is 6.18 Å². The molecule has 0 bridgehead atoms. The average molecular weight is 232 g/mol. The molecular formula is C12H15F3O. The van der Waals surface area contributed by atoms with Gasteiger partial charge in [0.2, 0.25) is 0 Å². The van der Waals surface area contributed by atoms with E-state index in [1.807, 2.05) is 20.8 Å². The standard InChI is InChI=1S/C12H15F3O/c1-4-16-11-6-5-9(12(13,14)15)7-10(11)8(2)3/h5-8H,4H2,1-3H3. The zero-order valence-corrected chi connectivity index (χ0v) is 9.56. The number of alkyl halides is 3. The molecule has 0 N–H and O–H groups in total. The van der Waals surface area contributed by atoms with Crippen LogP contribution in [0.5, 0.6) is 5.75 Å². The Kier molecular flexibility index (Phi) is 3.83. The largest absolute Gasteiger partial charge is 0.494 e. The van der Waals surface area contributed by atoms with Crippen LogP contribution in [0.25, 0.3) is 0 Å².